The highest BCUT2D eigenvalue weighted by Crippen LogP contribution is 2.25. The highest BCUT2D eigenvalue weighted by Gasteiger charge is 2.31. The zero-order valence-corrected chi connectivity index (χ0v) is 16.2. The van der Waals surface area contributed by atoms with Crippen LogP contribution in [-0.4, -0.2) is 33.2 Å². The molecule has 144 valence electrons. The van der Waals surface area contributed by atoms with E-state index in [1.807, 2.05) is 36.1 Å². The van der Waals surface area contributed by atoms with Gasteiger partial charge in [-0.15, -0.1) is 0 Å². The van der Waals surface area contributed by atoms with Crippen molar-refractivity contribution in [2.24, 2.45) is 0 Å². The summed E-state index contributed by atoms with van der Waals surface area (Å²) in [5, 5.41) is 5.64. The number of aromatic nitrogens is 2. The Labute approximate surface area is 164 Å². The first-order chi connectivity index (χ1) is 13.7. The lowest BCUT2D eigenvalue weighted by Gasteiger charge is -2.25. The van der Waals surface area contributed by atoms with Crippen molar-refractivity contribution in [1.29, 1.82) is 0 Å². The molecule has 0 unspecified atom stereocenters. The van der Waals surface area contributed by atoms with Crippen LogP contribution in [0.2, 0.25) is 0 Å². The number of carbonyl (C=O) groups is 1. The van der Waals surface area contributed by atoms with Crippen LogP contribution in [0.1, 0.15) is 42.2 Å². The van der Waals surface area contributed by atoms with Crippen molar-refractivity contribution in [2.75, 3.05) is 6.54 Å². The largest absolute Gasteiger partial charge is 0.334 e. The molecule has 1 amide bonds. The molecule has 1 atom stereocenters. The number of hydrogen-bond donors (Lipinski definition) is 0. The molecule has 3 aromatic rings. The summed E-state index contributed by atoms with van der Waals surface area (Å²) in [5.41, 5.74) is 1.55. The number of hydrogen-bond acceptors (Lipinski definition) is 3. The van der Waals surface area contributed by atoms with E-state index in [-0.39, 0.29) is 17.5 Å². The Morgan fingerprint density at radius 1 is 1.07 bits per heavy atom. The number of amides is 1. The number of benzene rings is 2. The van der Waals surface area contributed by atoms with Crippen molar-refractivity contribution in [3.63, 3.8) is 0 Å². The van der Waals surface area contributed by atoms with Crippen molar-refractivity contribution >= 4 is 16.7 Å². The van der Waals surface area contributed by atoms with Crippen molar-refractivity contribution in [3.05, 3.63) is 76.2 Å². The second-order valence-electron chi connectivity index (χ2n) is 7.33. The van der Waals surface area contributed by atoms with E-state index >= 15 is 0 Å². The van der Waals surface area contributed by atoms with Gasteiger partial charge >= 0.3 is 0 Å². The van der Waals surface area contributed by atoms with E-state index in [2.05, 4.69) is 29.4 Å². The Morgan fingerprint density at radius 3 is 2.54 bits per heavy atom. The fraction of sp³-hybridized carbons (Fsp3) is 0.348. The molecule has 5 nitrogen and oxygen atoms in total. The van der Waals surface area contributed by atoms with Gasteiger partial charge in [-0.25, -0.2) is 4.68 Å². The number of carbonyl (C=O) groups excluding carboxylic acids is 1. The third-order valence-electron chi connectivity index (χ3n) is 5.62. The van der Waals surface area contributed by atoms with E-state index in [4.69, 9.17) is 0 Å². The first-order valence-corrected chi connectivity index (χ1v) is 10.0. The molecule has 4 rings (SSSR count). The Kier molecular flexibility index (Phi) is 5.24. The molecule has 1 saturated heterocycles. The maximum atomic E-state index is 13.4. The molecule has 1 aliphatic heterocycles. The lowest BCUT2D eigenvalue weighted by molar-refractivity contribution is 0.0724. The van der Waals surface area contributed by atoms with Crippen LogP contribution in [0.4, 0.5) is 0 Å². The fourth-order valence-electron chi connectivity index (χ4n) is 4.12. The predicted octanol–water partition coefficient (Wildman–Crippen LogP) is 3.65. The second-order valence-corrected chi connectivity index (χ2v) is 7.33. The van der Waals surface area contributed by atoms with Crippen molar-refractivity contribution in [2.45, 2.75) is 45.2 Å². The lowest BCUT2D eigenvalue weighted by atomic mass is 10.0. The van der Waals surface area contributed by atoms with Gasteiger partial charge in [0, 0.05) is 24.5 Å². The van der Waals surface area contributed by atoms with E-state index < -0.39 is 0 Å². The van der Waals surface area contributed by atoms with Crippen LogP contribution in [0.5, 0.6) is 0 Å². The quantitative estimate of drug-likeness (QED) is 0.684. The minimum absolute atomic E-state index is 0.0611. The molecule has 5 heteroatoms. The first kappa shape index (κ1) is 18.4. The highest BCUT2D eigenvalue weighted by atomic mass is 16.2. The minimum atomic E-state index is -0.142. The normalized spacial score (nSPS) is 16.6. The van der Waals surface area contributed by atoms with Crippen LogP contribution in [0, 0.1) is 0 Å². The van der Waals surface area contributed by atoms with Gasteiger partial charge in [0.2, 0.25) is 0 Å². The fourth-order valence-corrected chi connectivity index (χ4v) is 4.12. The SMILES string of the molecule is CCn1nc(C(=O)N2CCC[C@H]2CCc2ccccc2)c2ccccc2c1=O. The predicted molar refractivity (Wildman–Crippen MR) is 110 cm³/mol. The first-order valence-electron chi connectivity index (χ1n) is 10.0. The molecular weight excluding hydrogens is 350 g/mol. The maximum absolute atomic E-state index is 13.4. The smallest absolute Gasteiger partial charge is 0.275 e. The van der Waals surface area contributed by atoms with Crippen LogP contribution in [0.3, 0.4) is 0 Å². The summed E-state index contributed by atoms with van der Waals surface area (Å²) in [6, 6.07) is 17.9. The van der Waals surface area contributed by atoms with E-state index in [9.17, 15) is 9.59 Å². The minimum Gasteiger partial charge on any atom is -0.334 e. The van der Waals surface area contributed by atoms with Gasteiger partial charge in [0.05, 0.1) is 5.39 Å². The average molecular weight is 375 g/mol. The van der Waals surface area contributed by atoms with Gasteiger partial charge in [-0.3, -0.25) is 9.59 Å². The van der Waals surface area contributed by atoms with Crippen LogP contribution < -0.4 is 5.56 Å². The third kappa shape index (κ3) is 3.44. The summed E-state index contributed by atoms with van der Waals surface area (Å²) in [5.74, 6) is -0.0611. The van der Waals surface area contributed by atoms with Gasteiger partial charge in [0.1, 0.15) is 0 Å². The Morgan fingerprint density at radius 2 is 1.79 bits per heavy atom. The second kappa shape index (κ2) is 7.97. The summed E-state index contributed by atoms with van der Waals surface area (Å²) < 4.78 is 1.39. The standard InChI is InChI=1S/C23H25N3O2/c1-2-26-22(27)20-13-7-6-12-19(20)21(24-26)23(28)25-16-8-11-18(25)15-14-17-9-4-3-5-10-17/h3-7,9-10,12-13,18H,2,8,11,14-16H2,1H3/t18-/m0/s1. The van der Waals surface area contributed by atoms with Crippen LogP contribution in [0.15, 0.2) is 59.4 Å². The molecule has 2 heterocycles. The molecule has 0 spiro atoms. The van der Waals surface area contributed by atoms with Crippen LogP contribution in [0.25, 0.3) is 10.8 Å². The summed E-state index contributed by atoms with van der Waals surface area (Å²) in [6.45, 7) is 3.07. The van der Waals surface area contributed by atoms with Gasteiger partial charge in [0.15, 0.2) is 5.69 Å². The number of nitrogens with zero attached hydrogens (tertiary/aromatic N) is 3. The lowest BCUT2D eigenvalue weighted by Crippen LogP contribution is -2.38. The van der Waals surface area contributed by atoms with Gasteiger partial charge in [0.25, 0.3) is 11.5 Å². The van der Waals surface area contributed by atoms with Crippen molar-refractivity contribution < 1.29 is 4.79 Å². The van der Waals surface area contributed by atoms with Crippen LogP contribution >= 0.6 is 0 Å². The number of likely N-dealkylation sites (tertiary alicyclic amines) is 1. The molecule has 1 aliphatic rings. The summed E-state index contributed by atoms with van der Waals surface area (Å²) in [6.07, 6.45) is 3.93. The van der Waals surface area contributed by atoms with Gasteiger partial charge in [-0.1, -0.05) is 48.5 Å². The summed E-state index contributed by atoms with van der Waals surface area (Å²) in [4.78, 5) is 27.9. The topological polar surface area (TPSA) is 55.2 Å². The third-order valence-corrected chi connectivity index (χ3v) is 5.62. The molecule has 2 aromatic carbocycles. The zero-order chi connectivity index (χ0) is 19.5. The molecule has 0 bridgehead atoms. The van der Waals surface area contributed by atoms with E-state index in [0.29, 0.717) is 23.0 Å². The Bertz CT molecular complexity index is 1040. The average Bonchev–Trinajstić information content (AvgIpc) is 3.22. The number of fused-ring (bicyclic) bond motifs is 1. The number of aryl methyl sites for hydroxylation is 2. The molecular formula is C23H25N3O2. The molecule has 0 N–H and O–H groups in total. The van der Waals surface area contributed by atoms with Crippen LogP contribution in [-0.2, 0) is 13.0 Å². The van der Waals surface area contributed by atoms with Gasteiger partial charge < -0.3 is 4.90 Å². The van der Waals surface area contributed by atoms with Crippen molar-refractivity contribution in [1.82, 2.24) is 14.7 Å². The van der Waals surface area contributed by atoms with Crippen molar-refractivity contribution in [3.8, 4) is 0 Å². The van der Waals surface area contributed by atoms with Gasteiger partial charge in [-0.2, -0.15) is 5.10 Å². The van der Waals surface area contributed by atoms with Gasteiger partial charge in [-0.05, 0) is 44.2 Å². The molecule has 0 radical (unpaired) electrons. The monoisotopic (exact) mass is 375 g/mol. The zero-order valence-electron chi connectivity index (χ0n) is 16.2. The molecule has 28 heavy (non-hydrogen) atoms. The molecule has 0 aliphatic carbocycles. The Balaban J connectivity index is 1.63. The van der Waals surface area contributed by atoms with E-state index in [1.165, 1.54) is 10.2 Å². The highest BCUT2D eigenvalue weighted by molar-refractivity contribution is 6.05. The molecule has 0 saturated carbocycles. The summed E-state index contributed by atoms with van der Waals surface area (Å²) >= 11 is 0. The maximum Gasteiger partial charge on any atom is 0.275 e. The summed E-state index contributed by atoms with van der Waals surface area (Å²) in [7, 11) is 0. The number of rotatable bonds is 5. The van der Waals surface area contributed by atoms with E-state index in [1.54, 1.807) is 6.07 Å². The van der Waals surface area contributed by atoms with E-state index in [0.717, 1.165) is 32.2 Å². The Hall–Kier alpha value is -2.95. The molecule has 1 aromatic heterocycles. The molecule has 1 fully saturated rings.